The van der Waals surface area contributed by atoms with Gasteiger partial charge in [0.1, 0.15) is 6.07 Å². The fourth-order valence-corrected chi connectivity index (χ4v) is 2.77. The normalized spacial score (nSPS) is 9.94. The molecule has 0 unspecified atom stereocenters. The van der Waals surface area contributed by atoms with Gasteiger partial charge in [0.25, 0.3) is 0 Å². The molecule has 0 amide bonds. The van der Waals surface area contributed by atoms with Gasteiger partial charge in [-0.1, -0.05) is 35.5 Å². The zero-order valence-corrected chi connectivity index (χ0v) is 10.8. The molecule has 0 aromatic heterocycles. The SMILES string of the molecule is Cc1ccc(C#N)c(Sc2cccc(Cl)c2)c1. The lowest BCUT2D eigenvalue weighted by Gasteiger charge is -2.05. The summed E-state index contributed by atoms with van der Waals surface area (Å²) in [5, 5.41) is 9.76. The van der Waals surface area contributed by atoms with E-state index in [4.69, 9.17) is 16.9 Å². The first-order chi connectivity index (χ1) is 8.19. The van der Waals surface area contributed by atoms with Gasteiger partial charge in [0.2, 0.25) is 0 Å². The predicted octanol–water partition coefficient (Wildman–Crippen LogP) is 4.67. The van der Waals surface area contributed by atoms with Crippen LogP contribution in [0, 0.1) is 18.3 Å². The molecule has 2 aromatic rings. The van der Waals surface area contributed by atoms with Gasteiger partial charge in [0.05, 0.1) is 5.56 Å². The van der Waals surface area contributed by atoms with E-state index in [0.29, 0.717) is 10.6 Å². The van der Waals surface area contributed by atoms with Crippen molar-refractivity contribution in [3.8, 4) is 6.07 Å². The van der Waals surface area contributed by atoms with Crippen LogP contribution in [0.25, 0.3) is 0 Å². The molecule has 0 N–H and O–H groups in total. The van der Waals surface area contributed by atoms with Gasteiger partial charge >= 0.3 is 0 Å². The fourth-order valence-electron chi connectivity index (χ4n) is 1.46. The molecule has 0 radical (unpaired) electrons. The Balaban J connectivity index is 2.36. The maximum atomic E-state index is 9.05. The maximum Gasteiger partial charge on any atom is 0.100 e. The number of nitrogens with zero attached hydrogens (tertiary/aromatic N) is 1. The molecule has 0 aliphatic heterocycles. The highest BCUT2D eigenvalue weighted by molar-refractivity contribution is 7.99. The van der Waals surface area contributed by atoms with Crippen molar-refractivity contribution >= 4 is 23.4 Å². The molecule has 3 heteroatoms. The summed E-state index contributed by atoms with van der Waals surface area (Å²) in [6.07, 6.45) is 0. The van der Waals surface area contributed by atoms with E-state index in [2.05, 4.69) is 6.07 Å². The summed E-state index contributed by atoms with van der Waals surface area (Å²) in [6, 6.07) is 15.7. The molecule has 0 aliphatic rings. The molecular weight excluding hydrogens is 250 g/mol. The molecule has 84 valence electrons. The van der Waals surface area contributed by atoms with Gasteiger partial charge in [0.15, 0.2) is 0 Å². The van der Waals surface area contributed by atoms with E-state index in [0.717, 1.165) is 15.4 Å². The number of rotatable bonds is 2. The van der Waals surface area contributed by atoms with Crippen LogP contribution in [0.1, 0.15) is 11.1 Å². The Morgan fingerprint density at radius 3 is 2.71 bits per heavy atom. The van der Waals surface area contributed by atoms with Crippen LogP contribution in [0.2, 0.25) is 5.02 Å². The van der Waals surface area contributed by atoms with E-state index in [1.165, 1.54) is 0 Å². The Hall–Kier alpha value is -1.43. The summed E-state index contributed by atoms with van der Waals surface area (Å²) in [6.45, 7) is 2.02. The van der Waals surface area contributed by atoms with E-state index < -0.39 is 0 Å². The number of hydrogen-bond acceptors (Lipinski definition) is 2. The molecule has 0 spiro atoms. The zero-order valence-electron chi connectivity index (χ0n) is 9.27. The van der Waals surface area contributed by atoms with Crippen molar-refractivity contribution in [3.05, 3.63) is 58.6 Å². The average Bonchev–Trinajstić information content (AvgIpc) is 2.29. The molecule has 17 heavy (non-hydrogen) atoms. The molecule has 2 aromatic carbocycles. The van der Waals surface area contributed by atoms with Gasteiger partial charge in [-0.3, -0.25) is 0 Å². The second kappa shape index (κ2) is 5.27. The summed E-state index contributed by atoms with van der Waals surface area (Å²) in [4.78, 5) is 2.01. The van der Waals surface area contributed by atoms with E-state index in [9.17, 15) is 0 Å². The lowest BCUT2D eigenvalue weighted by molar-refractivity contribution is 1.30. The minimum Gasteiger partial charge on any atom is -0.192 e. The van der Waals surface area contributed by atoms with Crippen LogP contribution >= 0.6 is 23.4 Å². The standard InChI is InChI=1S/C14H10ClNS/c1-10-5-6-11(9-16)14(7-10)17-13-4-2-3-12(15)8-13/h2-8H,1H3. The van der Waals surface area contributed by atoms with Gasteiger partial charge in [-0.2, -0.15) is 5.26 Å². The fraction of sp³-hybridized carbons (Fsp3) is 0.0714. The van der Waals surface area contributed by atoms with Gasteiger partial charge in [0, 0.05) is 14.8 Å². The average molecular weight is 260 g/mol. The molecular formula is C14H10ClNS. The highest BCUT2D eigenvalue weighted by Crippen LogP contribution is 2.32. The molecule has 0 heterocycles. The summed E-state index contributed by atoms with van der Waals surface area (Å²) < 4.78 is 0. The van der Waals surface area contributed by atoms with Crippen LogP contribution in [0.15, 0.2) is 52.3 Å². The molecule has 0 aliphatic carbocycles. The summed E-state index contributed by atoms with van der Waals surface area (Å²) in [5.41, 5.74) is 1.84. The lowest BCUT2D eigenvalue weighted by Crippen LogP contribution is -1.83. The Bertz CT molecular complexity index is 587. The van der Waals surface area contributed by atoms with Crippen molar-refractivity contribution in [1.29, 1.82) is 5.26 Å². The molecule has 0 saturated heterocycles. The lowest BCUT2D eigenvalue weighted by atomic mass is 10.2. The molecule has 2 rings (SSSR count). The first kappa shape index (κ1) is 12.0. The second-order valence-electron chi connectivity index (χ2n) is 3.67. The quantitative estimate of drug-likeness (QED) is 0.782. The summed E-state index contributed by atoms with van der Waals surface area (Å²) in [7, 11) is 0. The Kier molecular flexibility index (Phi) is 3.73. The van der Waals surface area contributed by atoms with Crippen molar-refractivity contribution in [2.24, 2.45) is 0 Å². The van der Waals surface area contributed by atoms with E-state index in [1.807, 2.05) is 49.4 Å². The molecule has 0 saturated carbocycles. The molecule has 0 atom stereocenters. The van der Waals surface area contributed by atoms with Gasteiger partial charge in [-0.25, -0.2) is 0 Å². The van der Waals surface area contributed by atoms with Crippen molar-refractivity contribution < 1.29 is 0 Å². The molecule has 1 nitrogen and oxygen atoms in total. The minimum atomic E-state index is 0.695. The second-order valence-corrected chi connectivity index (χ2v) is 5.22. The van der Waals surface area contributed by atoms with Crippen LogP contribution in [0.4, 0.5) is 0 Å². The Morgan fingerprint density at radius 1 is 1.18 bits per heavy atom. The van der Waals surface area contributed by atoms with Crippen LogP contribution in [0.5, 0.6) is 0 Å². The first-order valence-electron chi connectivity index (χ1n) is 5.13. The molecule has 0 fully saturated rings. The van der Waals surface area contributed by atoms with E-state index >= 15 is 0 Å². The van der Waals surface area contributed by atoms with Crippen molar-refractivity contribution in [2.45, 2.75) is 16.7 Å². The highest BCUT2D eigenvalue weighted by atomic mass is 35.5. The van der Waals surface area contributed by atoms with Crippen molar-refractivity contribution in [2.75, 3.05) is 0 Å². The Morgan fingerprint density at radius 2 is 2.00 bits per heavy atom. The monoisotopic (exact) mass is 259 g/mol. The number of benzene rings is 2. The van der Waals surface area contributed by atoms with Gasteiger partial charge in [-0.15, -0.1) is 0 Å². The molecule has 0 bridgehead atoms. The zero-order chi connectivity index (χ0) is 12.3. The largest absolute Gasteiger partial charge is 0.192 e. The predicted molar refractivity (Wildman–Crippen MR) is 71.5 cm³/mol. The van der Waals surface area contributed by atoms with Crippen LogP contribution in [-0.4, -0.2) is 0 Å². The van der Waals surface area contributed by atoms with Crippen molar-refractivity contribution in [1.82, 2.24) is 0 Å². The first-order valence-corrected chi connectivity index (χ1v) is 6.32. The summed E-state index contributed by atoms with van der Waals surface area (Å²) in [5.74, 6) is 0. The Labute approximate surface area is 110 Å². The number of halogens is 1. The van der Waals surface area contributed by atoms with Crippen LogP contribution < -0.4 is 0 Å². The third kappa shape index (κ3) is 3.03. The van der Waals surface area contributed by atoms with E-state index in [1.54, 1.807) is 11.8 Å². The number of nitriles is 1. The maximum absolute atomic E-state index is 9.05. The van der Waals surface area contributed by atoms with Crippen LogP contribution in [0.3, 0.4) is 0 Å². The number of aryl methyl sites for hydroxylation is 1. The van der Waals surface area contributed by atoms with E-state index in [-0.39, 0.29) is 0 Å². The van der Waals surface area contributed by atoms with Gasteiger partial charge < -0.3 is 0 Å². The summed E-state index contributed by atoms with van der Waals surface area (Å²) >= 11 is 7.50. The third-order valence-electron chi connectivity index (χ3n) is 2.28. The smallest absolute Gasteiger partial charge is 0.100 e. The minimum absolute atomic E-state index is 0.695. The van der Waals surface area contributed by atoms with Gasteiger partial charge in [-0.05, 0) is 42.8 Å². The highest BCUT2D eigenvalue weighted by Gasteiger charge is 2.04. The van der Waals surface area contributed by atoms with Crippen molar-refractivity contribution in [3.63, 3.8) is 0 Å². The topological polar surface area (TPSA) is 23.8 Å². The third-order valence-corrected chi connectivity index (χ3v) is 3.56. The van der Waals surface area contributed by atoms with Crippen LogP contribution in [-0.2, 0) is 0 Å². The number of hydrogen-bond donors (Lipinski definition) is 0.